The van der Waals surface area contributed by atoms with Crippen molar-refractivity contribution in [2.75, 3.05) is 19.6 Å². The maximum atomic E-state index is 12.4. The highest BCUT2D eigenvalue weighted by atomic mass is 32.2. The van der Waals surface area contributed by atoms with Gasteiger partial charge < -0.3 is 10.0 Å². The molecule has 1 heterocycles. The molecule has 25 heavy (non-hydrogen) atoms. The van der Waals surface area contributed by atoms with Gasteiger partial charge in [-0.15, -0.1) is 0 Å². The normalized spacial score (nSPS) is 16.0. The Bertz CT molecular complexity index is 707. The van der Waals surface area contributed by atoms with Crippen LogP contribution in [0.5, 0.6) is 0 Å². The number of carbonyl (C=O) groups excluding carboxylic acids is 1. The molecule has 2 rings (SSSR count). The molecule has 0 bridgehead atoms. The van der Waals surface area contributed by atoms with Crippen molar-refractivity contribution >= 4 is 21.9 Å². The lowest BCUT2D eigenvalue weighted by atomic mass is 9.93. The standard InChI is InChI=1S/C17H24N2O5S/c1-2-18-25(23,24)15-5-3-13(4-6-15)11-16(20)19-9-7-14(8-10-19)12-17(21)22/h3-6,14,18H,2,7-12H2,1H3,(H,21,22). The van der Waals surface area contributed by atoms with Gasteiger partial charge in [0, 0.05) is 26.1 Å². The van der Waals surface area contributed by atoms with Crippen LogP contribution >= 0.6 is 0 Å². The van der Waals surface area contributed by atoms with E-state index in [9.17, 15) is 18.0 Å². The Morgan fingerprint density at radius 1 is 1.20 bits per heavy atom. The lowest BCUT2D eigenvalue weighted by Gasteiger charge is -2.31. The molecule has 0 atom stereocenters. The number of aliphatic carboxylic acids is 1. The fourth-order valence-electron chi connectivity index (χ4n) is 2.98. The molecule has 7 nitrogen and oxygen atoms in total. The number of benzene rings is 1. The molecule has 0 aliphatic carbocycles. The quantitative estimate of drug-likeness (QED) is 0.754. The SMILES string of the molecule is CCNS(=O)(=O)c1ccc(CC(=O)N2CCC(CC(=O)O)CC2)cc1. The summed E-state index contributed by atoms with van der Waals surface area (Å²) in [5, 5.41) is 8.82. The Labute approximate surface area is 148 Å². The zero-order valence-corrected chi connectivity index (χ0v) is 15.1. The number of amides is 1. The van der Waals surface area contributed by atoms with E-state index >= 15 is 0 Å². The largest absolute Gasteiger partial charge is 0.481 e. The van der Waals surface area contributed by atoms with Gasteiger partial charge in [-0.2, -0.15) is 0 Å². The number of hydrogen-bond acceptors (Lipinski definition) is 4. The van der Waals surface area contributed by atoms with Gasteiger partial charge in [-0.1, -0.05) is 19.1 Å². The Morgan fingerprint density at radius 2 is 1.80 bits per heavy atom. The molecule has 0 aromatic heterocycles. The van der Waals surface area contributed by atoms with Crippen molar-refractivity contribution < 1.29 is 23.1 Å². The van der Waals surface area contributed by atoms with E-state index in [1.54, 1.807) is 24.0 Å². The molecule has 0 unspecified atom stereocenters. The number of rotatable bonds is 7. The highest BCUT2D eigenvalue weighted by molar-refractivity contribution is 7.89. The molecule has 1 amide bonds. The van der Waals surface area contributed by atoms with E-state index in [2.05, 4.69) is 4.72 Å². The van der Waals surface area contributed by atoms with Crippen LogP contribution in [-0.4, -0.2) is 49.9 Å². The van der Waals surface area contributed by atoms with Gasteiger partial charge >= 0.3 is 5.97 Å². The summed E-state index contributed by atoms with van der Waals surface area (Å²) < 4.78 is 26.2. The molecule has 1 aliphatic heterocycles. The van der Waals surface area contributed by atoms with E-state index in [1.165, 1.54) is 12.1 Å². The minimum absolute atomic E-state index is 0.0175. The lowest BCUT2D eigenvalue weighted by Crippen LogP contribution is -2.39. The molecule has 8 heteroatoms. The zero-order chi connectivity index (χ0) is 18.4. The molecule has 0 spiro atoms. The van der Waals surface area contributed by atoms with Gasteiger partial charge in [0.15, 0.2) is 0 Å². The van der Waals surface area contributed by atoms with Gasteiger partial charge in [0.25, 0.3) is 0 Å². The number of nitrogens with one attached hydrogen (secondary N) is 1. The molecular formula is C17H24N2O5S. The van der Waals surface area contributed by atoms with Gasteiger partial charge in [0.1, 0.15) is 0 Å². The van der Waals surface area contributed by atoms with Crippen molar-refractivity contribution in [3.63, 3.8) is 0 Å². The molecule has 138 valence electrons. The Hall–Kier alpha value is -1.93. The number of hydrogen-bond donors (Lipinski definition) is 2. The number of nitrogens with zero attached hydrogens (tertiary/aromatic N) is 1. The monoisotopic (exact) mass is 368 g/mol. The van der Waals surface area contributed by atoms with Gasteiger partial charge in [-0.05, 0) is 36.5 Å². The van der Waals surface area contributed by atoms with Crippen LogP contribution < -0.4 is 4.72 Å². The first-order valence-corrected chi connectivity index (χ1v) is 9.88. The first-order valence-electron chi connectivity index (χ1n) is 8.40. The van der Waals surface area contributed by atoms with Crippen molar-refractivity contribution in [3.05, 3.63) is 29.8 Å². The Balaban J connectivity index is 1.90. The van der Waals surface area contributed by atoms with Crippen molar-refractivity contribution in [2.24, 2.45) is 5.92 Å². The molecule has 1 aromatic rings. The molecule has 1 saturated heterocycles. The summed E-state index contributed by atoms with van der Waals surface area (Å²) in [6.45, 7) is 3.18. The van der Waals surface area contributed by atoms with E-state index in [1.807, 2.05) is 0 Å². The summed E-state index contributed by atoms with van der Waals surface area (Å²) >= 11 is 0. The van der Waals surface area contributed by atoms with Crippen molar-refractivity contribution in [1.82, 2.24) is 9.62 Å². The first-order chi connectivity index (χ1) is 11.8. The first kappa shape index (κ1) is 19.4. The van der Waals surface area contributed by atoms with E-state index in [4.69, 9.17) is 5.11 Å². The summed E-state index contributed by atoms with van der Waals surface area (Å²) in [5.74, 6) is -0.675. The Morgan fingerprint density at radius 3 is 2.32 bits per heavy atom. The average Bonchev–Trinajstić information content (AvgIpc) is 2.55. The minimum Gasteiger partial charge on any atom is -0.481 e. The summed E-state index contributed by atoms with van der Waals surface area (Å²) in [7, 11) is -3.49. The highest BCUT2D eigenvalue weighted by Gasteiger charge is 2.24. The van der Waals surface area contributed by atoms with Crippen molar-refractivity contribution in [1.29, 1.82) is 0 Å². The minimum atomic E-state index is -3.49. The third-order valence-corrected chi connectivity index (χ3v) is 5.92. The smallest absolute Gasteiger partial charge is 0.303 e. The fourth-order valence-corrected chi connectivity index (χ4v) is 4.02. The molecule has 1 fully saturated rings. The van der Waals surface area contributed by atoms with Gasteiger partial charge in [0.2, 0.25) is 15.9 Å². The van der Waals surface area contributed by atoms with Crippen LogP contribution in [0.4, 0.5) is 0 Å². The van der Waals surface area contributed by atoms with Crippen LogP contribution in [0.15, 0.2) is 29.2 Å². The lowest BCUT2D eigenvalue weighted by molar-refractivity contribution is -0.138. The van der Waals surface area contributed by atoms with Gasteiger partial charge in [-0.25, -0.2) is 13.1 Å². The van der Waals surface area contributed by atoms with Crippen molar-refractivity contribution in [3.8, 4) is 0 Å². The topological polar surface area (TPSA) is 104 Å². The number of sulfonamides is 1. The van der Waals surface area contributed by atoms with E-state index < -0.39 is 16.0 Å². The molecule has 0 saturated carbocycles. The van der Waals surface area contributed by atoms with Crippen LogP contribution in [0.25, 0.3) is 0 Å². The average molecular weight is 368 g/mol. The van der Waals surface area contributed by atoms with Gasteiger partial charge in [0.05, 0.1) is 11.3 Å². The molecular weight excluding hydrogens is 344 g/mol. The second kappa shape index (κ2) is 8.44. The molecule has 0 radical (unpaired) electrons. The second-order valence-electron chi connectivity index (χ2n) is 6.24. The second-order valence-corrected chi connectivity index (χ2v) is 8.01. The Kier molecular flexibility index (Phi) is 6.55. The predicted molar refractivity (Wildman–Crippen MR) is 92.6 cm³/mol. The zero-order valence-electron chi connectivity index (χ0n) is 14.3. The summed E-state index contributed by atoms with van der Waals surface area (Å²) in [5.41, 5.74) is 0.758. The van der Waals surface area contributed by atoms with Crippen LogP contribution in [0, 0.1) is 5.92 Å². The van der Waals surface area contributed by atoms with Crippen LogP contribution in [0.2, 0.25) is 0 Å². The van der Waals surface area contributed by atoms with E-state index in [0.29, 0.717) is 32.5 Å². The van der Waals surface area contributed by atoms with Crippen LogP contribution in [0.3, 0.4) is 0 Å². The fraction of sp³-hybridized carbons (Fsp3) is 0.529. The predicted octanol–water partition coefficient (Wildman–Crippen LogP) is 1.24. The number of carboxylic acids is 1. The third-order valence-electron chi connectivity index (χ3n) is 4.35. The van der Waals surface area contributed by atoms with Gasteiger partial charge in [-0.3, -0.25) is 9.59 Å². The number of piperidine rings is 1. The van der Waals surface area contributed by atoms with E-state index in [-0.39, 0.29) is 29.6 Å². The summed E-state index contributed by atoms with van der Waals surface area (Å²) in [4.78, 5) is 25.0. The molecule has 1 aliphatic rings. The number of likely N-dealkylation sites (tertiary alicyclic amines) is 1. The van der Waals surface area contributed by atoms with Crippen LogP contribution in [-0.2, 0) is 26.0 Å². The summed E-state index contributed by atoms with van der Waals surface area (Å²) in [6.07, 6.45) is 1.78. The summed E-state index contributed by atoms with van der Waals surface area (Å²) in [6, 6.07) is 6.30. The molecule has 1 aromatic carbocycles. The maximum Gasteiger partial charge on any atom is 0.303 e. The van der Waals surface area contributed by atoms with E-state index in [0.717, 1.165) is 5.56 Å². The molecule has 2 N–H and O–H groups in total. The third kappa shape index (κ3) is 5.54. The number of carbonyl (C=O) groups is 2. The van der Waals surface area contributed by atoms with Crippen molar-refractivity contribution in [2.45, 2.75) is 37.5 Å². The number of carboxylic acid groups (broad SMARTS) is 1. The maximum absolute atomic E-state index is 12.4. The van der Waals surface area contributed by atoms with Crippen LogP contribution in [0.1, 0.15) is 31.7 Å². The highest BCUT2D eigenvalue weighted by Crippen LogP contribution is 2.21.